The van der Waals surface area contributed by atoms with Gasteiger partial charge < -0.3 is 24.4 Å². The molecule has 2 amide bonds. The maximum absolute atomic E-state index is 12.8. The number of amides is 2. The Labute approximate surface area is 151 Å². The third-order valence-electron chi connectivity index (χ3n) is 5.07. The van der Waals surface area contributed by atoms with E-state index in [1.807, 2.05) is 0 Å². The average molecular weight is 362 g/mol. The van der Waals surface area contributed by atoms with Gasteiger partial charge in [-0.3, -0.25) is 14.4 Å². The van der Waals surface area contributed by atoms with Crippen molar-refractivity contribution in [1.82, 2.24) is 4.90 Å². The number of ether oxygens (including phenoxy) is 2. The third-order valence-corrected chi connectivity index (χ3v) is 5.07. The van der Waals surface area contributed by atoms with Gasteiger partial charge in [-0.1, -0.05) is 0 Å². The van der Waals surface area contributed by atoms with Crippen LogP contribution in [0.5, 0.6) is 11.5 Å². The molecule has 1 saturated heterocycles. The summed E-state index contributed by atoms with van der Waals surface area (Å²) in [5, 5.41) is 8.99. The van der Waals surface area contributed by atoms with Crippen LogP contribution in [0.25, 0.3) is 0 Å². The van der Waals surface area contributed by atoms with Gasteiger partial charge in [-0.2, -0.15) is 0 Å². The first-order valence-corrected chi connectivity index (χ1v) is 8.41. The Bertz CT molecular complexity index is 727. The number of hydrogen-bond donors (Lipinski definition) is 1. The molecule has 3 rings (SSSR count). The highest BCUT2D eigenvalue weighted by molar-refractivity contribution is 6.02. The molecule has 1 N–H and O–H groups in total. The highest BCUT2D eigenvalue weighted by Crippen LogP contribution is 2.41. The molecule has 140 valence electrons. The Morgan fingerprint density at radius 3 is 2.27 bits per heavy atom. The summed E-state index contributed by atoms with van der Waals surface area (Å²) in [6.07, 6.45) is 0.835. The second-order valence-electron chi connectivity index (χ2n) is 6.60. The van der Waals surface area contributed by atoms with Crippen LogP contribution in [0.1, 0.15) is 12.8 Å². The normalized spacial score (nSPS) is 24.3. The third kappa shape index (κ3) is 3.18. The Morgan fingerprint density at radius 1 is 1.15 bits per heavy atom. The van der Waals surface area contributed by atoms with Crippen molar-refractivity contribution in [2.45, 2.75) is 18.9 Å². The number of methoxy groups -OCH3 is 2. The number of carboxylic acid groups (broad SMARTS) is 1. The Balaban J connectivity index is 1.74. The van der Waals surface area contributed by atoms with E-state index in [2.05, 4.69) is 0 Å². The number of carboxylic acids is 1. The van der Waals surface area contributed by atoms with E-state index in [0.29, 0.717) is 36.6 Å². The molecule has 2 fully saturated rings. The maximum Gasteiger partial charge on any atom is 0.307 e. The molecule has 1 aromatic rings. The van der Waals surface area contributed by atoms with Crippen molar-refractivity contribution >= 4 is 23.5 Å². The van der Waals surface area contributed by atoms with Gasteiger partial charge in [0.15, 0.2) is 0 Å². The molecule has 8 heteroatoms. The van der Waals surface area contributed by atoms with Gasteiger partial charge in [0.1, 0.15) is 17.5 Å². The first kappa shape index (κ1) is 18.0. The lowest BCUT2D eigenvalue weighted by atomic mass is 10.2. The van der Waals surface area contributed by atoms with Gasteiger partial charge >= 0.3 is 5.97 Å². The zero-order chi connectivity index (χ0) is 19.0. The van der Waals surface area contributed by atoms with Gasteiger partial charge in [0, 0.05) is 31.8 Å². The first-order chi connectivity index (χ1) is 12.4. The van der Waals surface area contributed by atoms with Crippen molar-refractivity contribution in [3.05, 3.63) is 18.2 Å². The molecule has 0 radical (unpaired) electrons. The molecule has 1 aromatic carbocycles. The highest BCUT2D eigenvalue weighted by Gasteiger charge is 2.51. The zero-order valence-electron chi connectivity index (χ0n) is 15.0. The van der Waals surface area contributed by atoms with E-state index >= 15 is 0 Å². The van der Waals surface area contributed by atoms with Crippen molar-refractivity contribution < 1.29 is 29.0 Å². The highest BCUT2D eigenvalue weighted by atomic mass is 16.5. The quantitative estimate of drug-likeness (QED) is 0.811. The van der Waals surface area contributed by atoms with Crippen LogP contribution in [-0.4, -0.2) is 61.6 Å². The van der Waals surface area contributed by atoms with Gasteiger partial charge in [-0.05, 0) is 12.8 Å². The van der Waals surface area contributed by atoms with E-state index in [1.165, 1.54) is 19.1 Å². The van der Waals surface area contributed by atoms with Crippen LogP contribution in [0.3, 0.4) is 0 Å². The predicted octanol–water partition coefficient (Wildman–Crippen LogP) is 0.988. The van der Waals surface area contributed by atoms with Crippen LogP contribution < -0.4 is 14.4 Å². The summed E-state index contributed by atoms with van der Waals surface area (Å²) >= 11 is 0. The number of anilines is 1. The Kier molecular flexibility index (Phi) is 4.76. The number of hydrogen-bond acceptors (Lipinski definition) is 5. The smallest absolute Gasteiger partial charge is 0.307 e. The number of benzene rings is 1. The van der Waals surface area contributed by atoms with Crippen LogP contribution in [0, 0.1) is 11.8 Å². The molecule has 26 heavy (non-hydrogen) atoms. The second-order valence-corrected chi connectivity index (χ2v) is 6.60. The van der Waals surface area contributed by atoms with Crippen LogP contribution in [0.4, 0.5) is 5.69 Å². The minimum Gasteiger partial charge on any atom is -0.497 e. The predicted molar refractivity (Wildman–Crippen MR) is 92.3 cm³/mol. The lowest BCUT2D eigenvalue weighted by Crippen LogP contribution is -2.44. The van der Waals surface area contributed by atoms with Gasteiger partial charge in [-0.25, -0.2) is 0 Å². The fourth-order valence-electron chi connectivity index (χ4n) is 3.38. The molecule has 0 bridgehead atoms. The molecular formula is C18H22N2O6. The summed E-state index contributed by atoms with van der Waals surface area (Å²) in [7, 11) is 4.64. The van der Waals surface area contributed by atoms with E-state index in [4.69, 9.17) is 14.6 Å². The Hall–Kier alpha value is -2.77. The van der Waals surface area contributed by atoms with E-state index in [1.54, 1.807) is 30.1 Å². The summed E-state index contributed by atoms with van der Waals surface area (Å²) < 4.78 is 10.5. The molecule has 8 nitrogen and oxygen atoms in total. The molecule has 1 unspecified atom stereocenters. The minimum absolute atomic E-state index is 0.191. The molecular weight excluding hydrogens is 340 g/mol. The number of likely N-dealkylation sites (N-methyl/N-ethyl adjacent to an activating group) is 1. The lowest BCUT2D eigenvalue weighted by molar-refractivity contribution is -0.143. The fourth-order valence-corrected chi connectivity index (χ4v) is 3.38. The maximum atomic E-state index is 12.8. The molecule has 0 spiro atoms. The van der Waals surface area contributed by atoms with E-state index in [9.17, 15) is 14.4 Å². The van der Waals surface area contributed by atoms with Crippen molar-refractivity contribution in [3.8, 4) is 11.5 Å². The summed E-state index contributed by atoms with van der Waals surface area (Å²) in [5.74, 6) is -1.43. The average Bonchev–Trinajstić information content (AvgIpc) is 3.36. The number of carbonyl (C=O) groups is 3. The van der Waals surface area contributed by atoms with E-state index < -0.39 is 23.8 Å². The Morgan fingerprint density at radius 2 is 1.77 bits per heavy atom. The van der Waals surface area contributed by atoms with E-state index in [0.717, 1.165) is 0 Å². The van der Waals surface area contributed by atoms with Gasteiger partial charge in [0.2, 0.25) is 11.8 Å². The van der Waals surface area contributed by atoms with E-state index in [-0.39, 0.29) is 11.8 Å². The lowest BCUT2D eigenvalue weighted by Gasteiger charge is -2.24. The molecule has 3 atom stereocenters. The van der Waals surface area contributed by atoms with Crippen LogP contribution in [-0.2, 0) is 14.4 Å². The topological polar surface area (TPSA) is 96.4 Å². The SMILES string of the molecule is COc1cc(OC)cc(N2CCC(N(C)C(=O)[C@@H]3C[C@H]3C(=O)O)C2=O)c1. The molecule has 0 aromatic heterocycles. The van der Waals surface area contributed by atoms with Crippen molar-refractivity contribution in [2.75, 3.05) is 32.7 Å². The van der Waals surface area contributed by atoms with Crippen molar-refractivity contribution in [1.29, 1.82) is 0 Å². The first-order valence-electron chi connectivity index (χ1n) is 8.41. The van der Waals surface area contributed by atoms with Crippen LogP contribution in [0.2, 0.25) is 0 Å². The summed E-state index contributed by atoms with van der Waals surface area (Å²) in [6, 6.07) is 4.61. The minimum atomic E-state index is -0.959. The van der Waals surface area contributed by atoms with Crippen molar-refractivity contribution in [2.24, 2.45) is 11.8 Å². The molecule has 1 aliphatic carbocycles. The van der Waals surface area contributed by atoms with Crippen LogP contribution in [0.15, 0.2) is 18.2 Å². The second kappa shape index (κ2) is 6.86. The number of aliphatic carboxylic acids is 1. The molecule has 1 aliphatic heterocycles. The largest absolute Gasteiger partial charge is 0.497 e. The molecule has 1 saturated carbocycles. The summed E-state index contributed by atoms with van der Waals surface area (Å²) in [4.78, 5) is 39.3. The van der Waals surface area contributed by atoms with Gasteiger partial charge in [-0.15, -0.1) is 0 Å². The van der Waals surface area contributed by atoms with Gasteiger partial charge in [0.25, 0.3) is 0 Å². The standard InChI is InChI=1S/C18H22N2O6/c1-19(16(21)13-9-14(13)18(23)24)15-4-5-20(17(15)22)10-6-11(25-2)8-12(7-10)26-3/h6-8,13-15H,4-5,9H2,1-3H3,(H,23,24)/t13-,14-,15?/m1/s1. The summed E-state index contributed by atoms with van der Waals surface area (Å²) in [5.41, 5.74) is 0.643. The number of rotatable bonds is 6. The van der Waals surface area contributed by atoms with Crippen molar-refractivity contribution in [3.63, 3.8) is 0 Å². The zero-order valence-corrected chi connectivity index (χ0v) is 15.0. The fraction of sp³-hybridized carbons (Fsp3) is 0.500. The molecule has 2 aliphatic rings. The number of nitrogens with zero attached hydrogens (tertiary/aromatic N) is 2. The molecule has 1 heterocycles. The van der Waals surface area contributed by atoms with Crippen LogP contribution >= 0.6 is 0 Å². The monoisotopic (exact) mass is 362 g/mol. The van der Waals surface area contributed by atoms with Gasteiger partial charge in [0.05, 0.1) is 31.7 Å². The summed E-state index contributed by atoms with van der Waals surface area (Å²) in [6.45, 7) is 0.463. The number of carbonyl (C=O) groups excluding carboxylic acids is 2.